The van der Waals surface area contributed by atoms with Crippen molar-refractivity contribution in [3.63, 3.8) is 0 Å². The first-order valence-corrected chi connectivity index (χ1v) is 4.96. The van der Waals surface area contributed by atoms with Gasteiger partial charge in [0.1, 0.15) is 19.0 Å². The molecule has 0 atom stereocenters. The van der Waals surface area contributed by atoms with Crippen molar-refractivity contribution in [3.8, 4) is 24.2 Å². The van der Waals surface area contributed by atoms with Gasteiger partial charge >= 0.3 is 0 Å². The van der Waals surface area contributed by atoms with Gasteiger partial charge in [0.05, 0.1) is 19.1 Å². The Bertz CT molecular complexity index is 384. The van der Waals surface area contributed by atoms with E-state index in [-0.39, 0.29) is 0 Å². The molecule has 0 saturated carbocycles. The van der Waals surface area contributed by atoms with Crippen LogP contribution in [0.2, 0.25) is 0 Å². The number of ether oxygens (including phenoxy) is 2. The Kier molecular flexibility index (Phi) is 5.55. The van der Waals surface area contributed by atoms with Gasteiger partial charge in [0.2, 0.25) is 0 Å². The van der Waals surface area contributed by atoms with Crippen LogP contribution in [-0.4, -0.2) is 19.8 Å². The van der Waals surface area contributed by atoms with Crippen LogP contribution in [0.3, 0.4) is 0 Å². The Morgan fingerprint density at radius 1 is 1.19 bits per heavy atom. The number of nitriles is 1. The number of hydrogen-bond donors (Lipinski definition) is 0. The van der Waals surface area contributed by atoms with E-state index in [4.69, 9.17) is 21.2 Å². The van der Waals surface area contributed by atoms with Gasteiger partial charge in [-0.25, -0.2) is 0 Å². The Hall–Kier alpha value is -1.97. The molecule has 1 aromatic carbocycles. The highest BCUT2D eigenvalue weighted by atomic mass is 16.5. The summed E-state index contributed by atoms with van der Waals surface area (Å²) >= 11 is 0. The summed E-state index contributed by atoms with van der Waals surface area (Å²) in [6.07, 6.45) is 5.45. The summed E-state index contributed by atoms with van der Waals surface area (Å²) in [4.78, 5) is 0. The smallest absolute Gasteiger partial charge is 0.119 e. The Labute approximate surface area is 95.6 Å². The molecule has 1 aromatic rings. The lowest BCUT2D eigenvalue weighted by molar-refractivity contribution is 0.124. The summed E-state index contributed by atoms with van der Waals surface area (Å²) < 4.78 is 10.5. The number of hydrogen-bond acceptors (Lipinski definition) is 3. The minimum absolute atomic E-state index is 0.310. The molecule has 0 fully saturated rings. The topological polar surface area (TPSA) is 42.2 Å². The monoisotopic (exact) mass is 215 g/mol. The van der Waals surface area contributed by atoms with Crippen LogP contribution in [0.25, 0.3) is 0 Å². The maximum absolute atomic E-state index is 8.50. The lowest BCUT2D eigenvalue weighted by Crippen LogP contribution is -2.06. The number of nitrogens with zero attached hydrogens (tertiary/aromatic N) is 1. The maximum Gasteiger partial charge on any atom is 0.119 e. The summed E-state index contributed by atoms with van der Waals surface area (Å²) in [6.45, 7) is 1.26. The van der Waals surface area contributed by atoms with Gasteiger partial charge in [0.15, 0.2) is 0 Å². The zero-order valence-electron chi connectivity index (χ0n) is 8.98. The quantitative estimate of drug-likeness (QED) is 0.536. The molecule has 82 valence electrons. The summed E-state index contributed by atoms with van der Waals surface area (Å²) in [7, 11) is 0. The molecule has 0 spiro atoms. The van der Waals surface area contributed by atoms with Crippen LogP contribution in [0.5, 0.6) is 5.75 Å². The van der Waals surface area contributed by atoms with E-state index >= 15 is 0 Å². The zero-order chi connectivity index (χ0) is 11.6. The summed E-state index contributed by atoms with van der Waals surface area (Å²) in [5.74, 6) is 3.15. The highest BCUT2D eigenvalue weighted by Gasteiger charge is 1.95. The Morgan fingerprint density at radius 3 is 2.56 bits per heavy atom. The van der Waals surface area contributed by atoms with Gasteiger partial charge in [0, 0.05) is 0 Å². The van der Waals surface area contributed by atoms with Crippen molar-refractivity contribution in [3.05, 3.63) is 29.8 Å². The van der Waals surface area contributed by atoms with Crippen molar-refractivity contribution < 1.29 is 9.47 Å². The standard InChI is InChI=1S/C13H13NO2/c1-2-9-15-10-11-16-13-5-3-12(4-6-13)7-8-14/h1,3-6H,7,9-11H2. The molecule has 3 heteroatoms. The lowest BCUT2D eigenvalue weighted by atomic mass is 10.2. The van der Waals surface area contributed by atoms with E-state index in [1.54, 1.807) is 0 Å². The molecule has 0 bridgehead atoms. The molecular weight excluding hydrogens is 202 g/mol. The first kappa shape index (κ1) is 12.1. The highest BCUT2D eigenvalue weighted by Crippen LogP contribution is 2.12. The first-order valence-electron chi connectivity index (χ1n) is 4.96. The molecule has 0 amide bonds. The molecule has 0 radical (unpaired) electrons. The Morgan fingerprint density at radius 2 is 1.94 bits per heavy atom. The second kappa shape index (κ2) is 7.34. The molecule has 3 nitrogen and oxygen atoms in total. The van der Waals surface area contributed by atoms with Gasteiger partial charge in [-0.05, 0) is 17.7 Å². The molecule has 1 rings (SSSR count). The number of benzene rings is 1. The van der Waals surface area contributed by atoms with Crippen LogP contribution in [0.1, 0.15) is 5.56 Å². The molecule has 0 unspecified atom stereocenters. The molecule has 0 heterocycles. The molecule has 0 N–H and O–H groups in total. The van der Waals surface area contributed by atoms with E-state index in [1.165, 1.54) is 0 Å². The largest absolute Gasteiger partial charge is 0.491 e. The SMILES string of the molecule is C#CCOCCOc1ccc(CC#N)cc1. The van der Waals surface area contributed by atoms with Gasteiger partial charge in [-0.1, -0.05) is 18.1 Å². The number of rotatable bonds is 6. The fourth-order valence-corrected chi connectivity index (χ4v) is 1.14. The third-order valence-corrected chi connectivity index (χ3v) is 1.89. The molecule has 0 aliphatic heterocycles. The van der Waals surface area contributed by atoms with Crippen LogP contribution >= 0.6 is 0 Å². The van der Waals surface area contributed by atoms with Crippen LogP contribution in [0, 0.1) is 23.7 Å². The van der Waals surface area contributed by atoms with Crippen molar-refractivity contribution in [2.75, 3.05) is 19.8 Å². The second-order valence-corrected chi connectivity index (χ2v) is 3.08. The van der Waals surface area contributed by atoms with Crippen LogP contribution in [-0.2, 0) is 11.2 Å². The van der Waals surface area contributed by atoms with Crippen LogP contribution in [0.15, 0.2) is 24.3 Å². The van der Waals surface area contributed by atoms with Crippen molar-refractivity contribution >= 4 is 0 Å². The predicted molar refractivity (Wildman–Crippen MR) is 60.9 cm³/mol. The summed E-state index contributed by atoms with van der Waals surface area (Å²) in [6, 6.07) is 9.52. The van der Waals surface area contributed by atoms with E-state index in [1.807, 2.05) is 24.3 Å². The third kappa shape index (κ3) is 4.50. The third-order valence-electron chi connectivity index (χ3n) is 1.89. The van der Waals surface area contributed by atoms with Crippen LogP contribution < -0.4 is 4.74 Å². The normalized spacial score (nSPS) is 9.12. The molecule has 0 aromatic heterocycles. The molecule has 0 aliphatic carbocycles. The zero-order valence-corrected chi connectivity index (χ0v) is 8.98. The van der Waals surface area contributed by atoms with E-state index in [0.29, 0.717) is 26.2 Å². The predicted octanol–water partition coefficient (Wildman–Crippen LogP) is 1.78. The van der Waals surface area contributed by atoms with Crippen molar-refractivity contribution in [1.82, 2.24) is 0 Å². The minimum atomic E-state index is 0.310. The van der Waals surface area contributed by atoms with E-state index in [9.17, 15) is 0 Å². The average Bonchev–Trinajstić information content (AvgIpc) is 2.31. The molecule has 16 heavy (non-hydrogen) atoms. The van der Waals surface area contributed by atoms with E-state index < -0.39 is 0 Å². The second-order valence-electron chi connectivity index (χ2n) is 3.08. The molecule has 0 aliphatic rings. The minimum Gasteiger partial charge on any atom is -0.491 e. The number of terminal acetylenes is 1. The van der Waals surface area contributed by atoms with Gasteiger partial charge in [0.25, 0.3) is 0 Å². The van der Waals surface area contributed by atoms with Gasteiger partial charge in [-0.2, -0.15) is 5.26 Å². The van der Waals surface area contributed by atoms with Crippen molar-refractivity contribution in [2.24, 2.45) is 0 Å². The molecular formula is C13H13NO2. The van der Waals surface area contributed by atoms with Gasteiger partial charge in [-0.3, -0.25) is 0 Å². The van der Waals surface area contributed by atoms with E-state index in [0.717, 1.165) is 11.3 Å². The fraction of sp³-hybridized carbons (Fsp3) is 0.308. The van der Waals surface area contributed by atoms with E-state index in [2.05, 4.69) is 12.0 Å². The Balaban J connectivity index is 2.27. The molecule has 0 saturated heterocycles. The van der Waals surface area contributed by atoms with Gasteiger partial charge in [-0.15, -0.1) is 6.42 Å². The average molecular weight is 215 g/mol. The van der Waals surface area contributed by atoms with Crippen LogP contribution in [0.4, 0.5) is 0 Å². The van der Waals surface area contributed by atoms with Crippen molar-refractivity contribution in [1.29, 1.82) is 5.26 Å². The van der Waals surface area contributed by atoms with Gasteiger partial charge < -0.3 is 9.47 Å². The fourth-order valence-electron chi connectivity index (χ4n) is 1.14. The maximum atomic E-state index is 8.50. The summed E-state index contributed by atoms with van der Waals surface area (Å²) in [5, 5.41) is 8.50. The highest BCUT2D eigenvalue weighted by molar-refractivity contribution is 5.28. The first-order chi connectivity index (χ1) is 7.86. The lowest BCUT2D eigenvalue weighted by Gasteiger charge is -2.06. The summed E-state index contributed by atoms with van der Waals surface area (Å²) in [5.41, 5.74) is 0.985. The van der Waals surface area contributed by atoms with Crippen molar-refractivity contribution in [2.45, 2.75) is 6.42 Å².